The zero-order valence-electron chi connectivity index (χ0n) is 9.03. The number of rotatable bonds is 2. The van der Waals surface area contributed by atoms with Crippen LogP contribution < -0.4 is 5.32 Å². The van der Waals surface area contributed by atoms with Crippen molar-refractivity contribution in [3.05, 3.63) is 30.1 Å². The molecular weight excluding hydrogens is 223 g/mol. The van der Waals surface area contributed by atoms with Crippen molar-refractivity contribution in [2.75, 3.05) is 11.1 Å². The van der Waals surface area contributed by atoms with Crippen LogP contribution in [-0.4, -0.2) is 16.5 Å². The van der Waals surface area contributed by atoms with Crippen molar-refractivity contribution >= 4 is 17.4 Å². The van der Waals surface area contributed by atoms with Crippen molar-refractivity contribution in [2.24, 2.45) is 0 Å². The zero-order chi connectivity index (χ0) is 11.6. The first-order valence-corrected chi connectivity index (χ1v) is 6.26. The summed E-state index contributed by atoms with van der Waals surface area (Å²) >= 11 is 1.75. The number of hydrogen-bond donors (Lipinski definition) is 1. The molecule has 0 radical (unpaired) electrons. The normalized spacial score (nSPS) is 28.7. The molecule has 0 amide bonds. The molecule has 0 bridgehead atoms. The van der Waals surface area contributed by atoms with E-state index in [1.54, 1.807) is 30.0 Å². The second-order valence-electron chi connectivity index (χ2n) is 4.12. The van der Waals surface area contributed by atoms with Gasteiger partial charge in [-0.3, -0.25) is 0 Å². The van der Waals surface area contributed by atoms with Gasteiger partial charge >= 0.3 is 0 Å². The number of nitrogens with zero attached hydrogens (tertiary/aromatic N) is 1. The number of benzene rings is 1. The first-order chi connectivity index (χ1) is 7.65. The number of nitrogens with one attached hydrogen (secondary N) is 1. The molecule has 1 aromatic rings. The highest BCUT2D eigenvalue weighted by Crippen LogP contribution is 2.36. The van der Waals surface area contributed by atoms with Crippen LogP contribution >= 0.6 is 11.8 Å². The quantitative estimate of drug-likeness (QED) is 0.857. The standard InChI is InChI=1S/C12H13FN2S/c1-9-6-12(7-14,8-16-9)15-11-5-3-2-4-10(11)13/h2-5,9,15H,6,8H2,1H3. The number of hydrogen-bond acceptors (Lipinski definition) is 3. The van der Waals surface area contributed by atoms with Crippen LogP contribution in [0.4, 0.5) is 10.1 Å². The summed E-state index contributed by atoms with van der Waals surface area (Å²) in [5, 5.41) is 12.7. The highest BCUT2D eigenvalue weighted by molar-refractivity contribution is 8.00. The largest absolute Gasteiger partial charge is 0.364 e. The van der Waals surface area contributed by atoms with E-state index in [-0.39, 0.29) is 5.82 Å². The van der Waals surface area contributed by atoms with Crippen molar-refractivity contribution in [2.45, 2.75) is 24.1 Å². The van der Waals surface area contributed by atoms with E-state index < -0.39 is 5.54 Å². The van der Waals surface area contributed by atoms with Gasteiger partial charge in [-0.2, -0.15) is 17.0 Å². The van der Waals surface area contributed by atoms with Gasteiger partial charge in [0, 0.05) is 11.0 Å². The third kappa shape index (κ3) is 2.14. The number of nitriles is 1. The van der Waals surface area contributed by atoms with Gasteiger partial charge in [0.15, 0.2) is 0 Å². The topological polar surface area (TPSA) is 35.8 Å². The van der Waals surface area contributed by atoms with Crippen LogP contribution in [0.3, 0.4) is 0 Å². The summed E-state index contributed by atoms with van der Waals surface area (Å²) in [4.78, 5) is 0. The lowest BCUT2D eigenvalue weighted by Crippen LogP contribution is -2.37. The Bertz CT molecular complexity index is 429. The Kier molecular flexibility index (Phi) is 3.06. The fraction of sp³-hybridized carbons (Fsp3) is 0.417. The molecule has 84 valence electrons. The molecule has 0 spiro atoms. The molecule has 0 aromatic heterocycles. The molecule has 1 saturated heterocycles. The fourth-order valence-corrected chi connectivity index (χ4v) is 3.13. The average Bonchev–Trinajstić information content (AvgIpc) is 2.65. The van der Waals surface area contributed by atoms with E-state index in [9.17, 15) is 9.65 Å². The lowest BCUT2D eigenvalue weighted by molar-refractivity contribution is 0.598. The van der Waals surface area contributed by atoms with Crippen LogP contribution in [0.1, 0.15) is 13.3 Å². The molecule has 1 aliphatic heterocycles. The van der Waals surface area contributed by atoms with Gasteiger partial charge in [0.25, 0.3) is 0 Å². The first-order valence-electron chi connectivity index (χ1n) is 5.21. The molecular formula is C12H13FN2S. The van der Waals surface area contributed by atoms with Crippen molar-refractivity contribution in [1.82, 2.24) is 0 Å². The predicted molar refractivity (Wildman–Crippen MR) is 64.9 cm³/mol. The van der Waals surface area contributed by atoms with Gasteiger partial charge < -0.3 is 5.32 Å². The maximum Gasteiger partial charge on any atom is 0.146 e. The van der Waals surface area contributed by atoms with Gasteiger partial charge in [0.1, 0.15) is 11.4 Å². The van der Waals surface area contributed by atoms with Gasteiger partial charge in [0.2, 0.25) is 0 Å². The SMILES string of the molecule is CC1CC(C#N)(Nc2ccccc2F)CS1. The molecule has 0 aliphatic carbocycles. The molecule has 2 nitrogen and oxygen atoms in total. The molecule has 1 aromatic carbocycles. The highest BCUT2D eigenvalue weighted by atomic mass is 32.2. The maximum atomic E-state index is 13.5. The number of anilines is 1. The van der Waals surface area contributed by atoms with Crippen molar-refractivity contribution in [3.8, 4) is 6.07 Å². The molecule has 1 N–H and O–H groups in total. The van der Waals surface area contributed by atoms with Crippen molar-refractivity contribution in [1.29, 1.82) is 5.26 Å². The van der Waals surface area contributed by atoms with E-state index in [0.717, 1.165) is 6.42 Å². The van der Waals surface area contributed by atoms with Gasteiger partial charge in [-0.25, -0.2) is 4.39 Å². The van der Waals surface area contributed by atoms with E-state index in [2.05, 4.69) is 18.3 Å². The van der Waals surface area contributed by atoms with E-state index in [0.29, 0.717) is 16.7 Å². The molecule has 2 rings (SSSR count). The summed E-state index contributed by atoms with van der Waals surface area (Å²) in [5.74, 6) is 0.403. The Labute approximate surface area is 98.8 Å². The lowest BCUT2D eigenvalue weighted by atomic mass is 9.97. The Morgan fingerprint density at radius 2 is 2.31 bits per heavy atom. The van der Waals surface area contributed by atoms with Crippen LogP contribution in [0.25, 0.3) is 0 Å². The molecule has 1 heterocycles. The second-order valence-corrected chi connectivity index (χ2v) is 5.55. The Morgan fingerprint density at radius 3 is 2.88 bits per heavy atom. The van der Waals surface area contributed by atoms with E-state index in [1.165, 1.54) is 6.07 Å². The third-order valence-electron chi connectivity index (χ3n) is 2.71. The Hall–Kier alpha value is -1.21. The smallest absolute Gasteiger partial charge is 0.146 e. The second kappa shape index (κ2) is 4.34. The summed E-state index contributed by atoms with van der Waals surface area (Å²) in [6.07, 6.45) is 0.752. The number of thioether (sulfide) groups is 1. The minimum Gasteiger partial charge on any atom is -0.364 e. The minimum absolute atomic E-state index is 0.304. The lowest BCUT2D eigenvalue weighted by Gasteiger charge is -2.23. The van der Waals surface area contributed by atoms with Crippen molar-refractivity contribution < 1.29 is 4.39 Å². The molecule has 1 aliphatic rings. The zero-order valence-corrected chi connectivity index (χ0v) is 9.85. The van der Waals surface area contributed by atoms with Crippen LogP contribution in [0, 0.1) is 17.1 Å². The molecule has 16 heavy (non-hydrogen) atoms. The number of halogens is 1. The Morgan fingerprint density at radius 1 is 1.56 bits per heavy atom. The maximum absolute atomic E-state index is 13.5. The van der Waals surface area contributed by atoms with E-state index >= 15 is 0 Å². The molecule has 4 heteroatoms. The van der Waals surface area contributed by atoms with Gasteiger partial charge in [-0.1, -0.05) is 19.1 Å². The molecule has 1 fully saturated rings. The molecule has 0 saturated carbocycles. The average molecular weight is 236 g/mol. The third-order valence-corrected chi connectivity index (χ3v) is 4.11. The molecule has 2 unspecified atom stereocenters. The summed E-state index contributed by atoms with van der Waals surface area (Å²) in [6, 6.07) is 8.77. The van der Waals surface area contributed by atoms with E-state index in [1.807, 2.05) is 0 Å². The van der Waals surface area contributed by atoms with E-state index in [4.69, 9.17) is 0 Å². The fourth-order valence-electron chi connectivity index (χ4n) is 1.91. The summed E-state index contributed by atoms with van der Waals surface area (Å²) in [5.41, 5.74) is -0.203. The summed E-state index contributed by atoms with van der Waals surface area (Å²) < 4.78 is 13.5. The first kappa shape index (κ1) is 11.3. The van der Waals surface area contributed by atoms with Crippen LogP contribution in [-0.2, 0) is 0 Å². The van der Waals surface area contributed by atoms with Crippen LogP contribution in [0.5, 0.6) is 0 Å². The number of para-hydroxylation sites is 1. The monoisotopic (exact) mass is 236 g/mol. The van der Waals surface area contributed by atoms with Gasteiger partial charge in [-0.05, 0) is 18.6 Å². The van der Waals surface area contributed by atoms with Gasteiger partial charge in [-0.15, -0.1) is 0 Å². The minimum atomic E-state index is -0.619. The van der Waals surface area contributed by atoms with Crippen molar-refractivity contribution in [3.63, 3.8) is 0 Å². The van der Waals surface area contributed by atoms with Crippen LogP contribution in [0.15, 0.2) is 24.3 Å². The Balaban J connectivity index is 2.21. The summed E-state index contributed by atoms with van der Waals surface area (Å²) in [7, 11) is 0. The predicted octanol–water partition coefficient (Wildman–Crippen LogP) is 3.03. The van der Waals surface area contributed by atoms with Gasteiger partial charge in [0.05, 0.1) is 11.8 Å². The summed E-state index contributed by atoms with van der Waals surface area (Å²) in [6.45, 7) is 2.09. The highest BCUT2D eigenvalue weighted by Gasteiger charge is 2.38. The molecule has 2 atom stereocenters. The van der Waals surface area contributed by atoms with Crippen LogP contribution in [0.2, 0.25) is 0 Å².